The van der Waals surface area contributed by atoms with E-state index in [0.717, 1.165) is 24.8 Å². The molecule has 6 nitrogen and oxygen atoms in total. The molecule has 162 valence electrons. The molecule has 9 heteroatoms. The van der Waals surface area contributed by atoms with E-state index < -0.39 is 10.0 Å². The third kappa shape index (κ3) is 4.68. The van der Waals surface area contributed by atoms with Crippen LogP contribution in [-0.2, 0) is 10.0 Å². The van der Waals surface area contributed by atoms with Gasteiger partial charge in [0, 0.05) is 24.3 Å². The number of nitrogens with zero attached hydrogens (tertiary/aromatic N) is 2. The molecule has 0 spiro atoms. The molecule has 1 aliphatic heterocycles. The molecule has 31 heavy (non-hydrogen) atoms. The fourth-order valence-corrected chi connectivity index (χ4v) is 5.96. The van der Waals surface area contributed by atoms with Crippen molar-refractivity contribution in [2.45, 2.75) is 31.1 Å². The first-order chi connectivity index (χ1) is 14.8. The molecule has 0 atom stereocenters. The van der Waals surface area contributed by atoms with E-state index in [4.69, 9.17) is 0 Å². The summed E-state index contributed by atoms with van der Waals surface area (Å²) >= 11 is 1.22. The number of hydrogen-bond acceptors (Lipinski definition) is 5. The van der Waals surface area contributed by atoms with Gasteiger partial charge in [0.15, 0.2) is 0 Å². The Labute approximate surface area is 184 Å². The van der Waals surface area contributed by atoms with Crippen LogP contribution in [0.3, 0.4) is 0 Å². The Kier molecular flexibility index (Phi) is 6.17. The maximum atomic E-state index is 13.1. The van der Waals surface area contributed by atoms with Crippen molar-refractivity contribution in [1.29, 1.82) is 0 Å². The quantitative estimate of drug-likeness (QED) is 0.601. The number of rotatable bonds is 5. The number of benzene rings is 2. The Morgan fingerprint density at radius 2 is 1.68 bits per heavy atom. The number of aromatic nitrogens is 1. The van der Waals surface area contributed by atoms with E-state index in [2.05, 4.69) is 10.3 Å². The average Bonchev–Trinajstić information content (AvgIpc) is 3.17. The molecule has 2 heterocycles. The Morgan fingerprint density at radius 1 is 1.03 bits per heavy atom. The topological polar surface area (TPSA) is 79.4 Å². The molecule has 2 aromatic carbocycles. The van der Waals surface area contributed by atoms with Crippen LogP contribution in [-0.4, -0.2) is 36.7 Å². The number of sulfonamides is 1. The predicted molar refractivity (Wildman–Crippen MR) is 119 cm³/mol. The zero-order valence-electron chi connectivity index (χ0n) is 17.0. The summed E-state index contributed by atoms with van der Waals surface area (Å²) in [6.07, 6.45) is 2.81. The lowest BCUT2D eigenvalue weighted by Crippen LogP contribution is -2.35. The number of carbonyl (C=O) groups excluding carboxylic acids is 1. The lowest BCUT2D eigenvalue weighted by Gasteiger charge is -2.25. The second kappa shape index (κ2) is 8.86. The summed E-state index contributed by atoms with van der Waals surface area (Å²) in [5.74, 6) is -0.657. The Morgan fingerprint density at radius 3 is 2.32 bits per heavy atom. The molecule has 1 N–H and O–H groups in total. The summed E-state index contributed by atoms with van der Waals surface area (Å²) in [7, 11) is -3.51. The van der Waals surface area contributed by atoms with Gasteiger partial charge >= 0.3 is 0 Å². The summed E-state index contributed by atoms with van der Waals surface area (Å²) in [4.78, 5) is 17.8. The number of halogens is 1. The highest BCUT2D eigenvalue weighted by Crippen LogP contribution is 2.29. The number of aryl methyl sites for hydroxylation is 1. The first-order valence-electron chi connectivity index (χ1n) is 9.99. The van der Waals surface area contributed by atoms with E-state index in [9.17, 15) is 17.6 Å². The van der Waals surface area contributed by atoms with Crippen molar-refractivity contribution < 1.29 is 17.6 Å². The molecular weight excluding hydrogens is 437 g/mol. The van der Waals surface area contributed by atoms with E-state index in [-0.39, 0.29) is 16.6 Å². The fourth-order valence-electron chi connectivity index (χ4n) is 3.48. The number of nitrogens with one attached hydrogen (secondary N) is 1. The minimum Gasteiger partial charge on any atom is -0.321 e. The van der Waals surface area contributed by atoms with Crippen LogP contribution < -0.4 is 5.32 Å². The van der Waals surface area contributed by atoms with Gasteiger partial charge in [-0.15, -0.1) is 11.3 Å². The van der Waals surface area contributed by atoms with Crippen LogP contribution in [0.1, 0.15) is 34.6 Å². The summed E-state index contributed by atoms with van der Waals surface area (Å²) in [5.41, 5.74) is 1.81. The predicted octanol–water partition coefficient (Wildman–Crippen LogP) is 4.68. The smallest absolute Gasteiger partial charge is 0.267 e. The van der Waals surface area contributed by atoms with E-state index in [1.807, 2.05) is 0 Å². The van der Waals surface area contributed by atoms with Gasteiger partial charge in [0.2, 0.25) is 10.0 Å². The van der Waals surface area contributed by atoms with Gasteiger partial charge in [-0.3, -0.25) is 4.79 Å². The van der Waals surface area contributed by atoms with Gasteiger partial charge in [0.1, 0.15) is 15.7 Å². The van der Waals surface area contributed by atoms with Crippen molar-refractivity contribution in [1.82, 2.24) is 9.29 Å². The van der Waals surface area contributed by atoms with Gasteiger partial charge in [-0.1, -0.05) is 6.42 Å². The van der Waals surface area contributed by atoms with Crippen molar-refractivity contribution >= 4 is 33.0 Å². The summed E-state index contributed by atoms with van der Waals surface area (Å²) < 4.78 is 40.2. The van der Waals surface area contributed by atoms with Gasteiger partial charge in [0.25, 0.3) is 5.91 Å². The molecule has 3 aromatic rings. The van der Waals surface area contributed by atoms with Gasteiger partial charge in [0.05, 0.1) is 10.6 Å². The van der Waals surface area contributed by atoms with E-state index in [1.54, 1.807) is 31.2 Å². The maximum Gasteiger partial charge on any atom is 0.267 e. The van der Waals surface area contributed by atoms with Crippen LogP contribution in [0.2, 0.25) is 0 Å². The average molecular weight is 460 g/mol. The van der Waals surface area contributed by atoms with Crippen LogP contribution >= 0.6 is 11.3 Å². The highest BCUT2D eigenvalue weighted by Gasteiger charge is 2.26. The first-order valence-corrected chi connectivity index (χ1v) is 12.3. The van der Waals surface area contributed by atoms with Crippen molar-refractivity contribution in [3.8, 4) is 10.6 Å². The van der Waals surface area contributed by atoms with Crippen molar-refractivity contribution in [2.75, 3.05) is 18.4 Å². The van der Waals surface area contributed by atoms with Crippen LogP contribution in [0, 0.1) is 12.7 Å². The summed E-state index contributed by atoms with van der Waals surface area (Å²) in [6.45, 7) is 2.83. The fraction of sp³-hybridized carbons (Fsp3) is 0.273. The normalized spacial score (nSPS) is 15.0. The Bertz CT molecular complexity index is 1180. The molecule has 0 radical (unpaired) electrons. The lowest BCUT2D eigenvalue weighted by atomic mass is 10.2. The summed E-state index contributed by atoms with van der Waals surface area (Å²) in [6, 6.07) is 12.2. The second-order valence-electron chi connectivity index (χ2n) is 7.38. The molecule has 1 aliphatic rings. The van der Waals surface area contributed by atoms with E-state index in [1.165, 1.54) is 39.9 Å². The monoisotopic (exact) mass is 459 g/mol. The zero-order chi connectivity index (χ0) is 22.0. The van der Waals surface area contributed by atoms with Crippen molar-refractivity contribution in [3.63, 3.8) is 0 Å². The van der Waals surface area contributed by atoms with Crippen LogP contribution in [0.25, 0.3) is 10.6 Å². The SMILES string of the molecule is Cc1nc(-c2ccc(F)cc2)sc1C(=O)Nc1ccc(S(=O)(=O)N2CCCCC2)cc1. The largest absolute Gasteiger partial charge is 0.321 e. The standard InChI is InChI=1S/C22H22FN3O3S2/c1-15-20(30-22(24-15)16-5-7-17(23)8-6-16)21(27)25-18-9-11-19(12-10-18)31(28,29)26-13-3-2-4-14-26/h5-12H,2-4,13-14H2,1H3,(H,25,27). The summed E-state index contributed by atoms with van der Waals surface area (Å²) in [5, 5.41) is 3.42. The van der Waals surface area contributed by atoms with Crippen LogP contribution in [0.5, 0.6) is 0 Å². The molecular formula is C22H22FN3O3S2. The molecule has 0 saturated carbocycles. The number of piperidine rings is 1. The Balaban J connectivity index is 1.48. The van der Waals surface area contributed by atoms with Gasteiger partial charge < -0.3 is 5.32 Å². The maximum absolute atomic E-state index is 13.1. The van der Waals surface area contributed by atoms with E-state index >= 15 is 0 Å². The number of thiazole rings is 1. The molecule has 1 aromatic heterocycles. The van der Waals surface area contributed by atoms with Crippen molar-refractivity contribution in [2.24, 2.45) is 0 Å². The zero-order valence-corrected chi connectivity index (χ0v) is 18.6. The van der Waals surface area contributed by atoms with Crippen LogP contribution in [0.15, 0.2) is 53.4 Å². The molecule has 1 amide bonds. The minimum atomic E-state index is -3.51. The van der Waals surface area contributed by atoms with E-state index in [0.29, 0.717) is 34.4 Å². The number of carbonyl (C=O) groups is 1. The number of amides is 1. The van der Waals surface area contributed by atoms with Crippen LogP contribution in [0.4, 0.5) is 10.1 Å². The lowest BCUT2D eigenvalue weighted by molar-refractivity contribution is 0.103. The molecule has 4 rings (SSSR count). The highest BCUT2D eigenvalue weighted by molar-refractivity contribution is 7.89. The third-order valence-electron chi connectivity index (χ3n) is 5.16. The van der Waals surface area contributed by atoms with Gasteiger partial charge in [-0.05, 0) is 68.3 Å². The molecule has 0 aliphatic carbocycles. The Hall–Kier alpha value is -2.62. The molecule has 0 unspecified atom stereocenters. The number of anilines is 1. The molecule has 0 bridgehead atoms. The van der Waals surface area contributed by atoms with Gasteiger partial charge in [-0.2, -0.15) is 4.31 Å². The number of hydrogen-bond donors (Lipinski definition) is 1. The first kappa shape index (κ1) is 21.6. The van der Waals surface area contributed by atoms with Gasteiger partial charge in [-0.25, -0.2) is 17.8 Å². The molecule has 1 fully saturated rings. The second-order valence-corrected chi connectivity index (χ2v) is 10.3. The highest BCUT2D eigenvalue weighted by atomic mass is 32.2. The third-order valence-corrected chi connectivity index (χ3v) is 8.28. The molecule has 1 saturated heterocycles. The minimum absolute atomic E-state index is 0.222. The van der Waals surface area contributed by atoms with Crippen molar-refractivity contribution in [3.05, 3.63) is 64.9 Å².